The van der Waals surface area contributed by atoms with Gasteiger partial charge in [-0.05, 0) is 62.4 Å². The summed E-state index contributed by atoms with van der Waals surface area (Å²) in [6, 6.07) is 10.3. The number of unbranched alkanes of at least 4 members (excludes halogenated alkanes) is 1. The summed E-state index contributed by atoms with van der Waals surface area (Å²) in [5.41, 5.74) is 3.10. The number of para-hydroxylation sites is 1. The van der Waals surface area contributed by atoms with Crippen LogP contribution in [-0.2, 0) is 13.0 Å². The average Bonchev–Trinajstić information content (AvgIpc) is 3.14. The van der Waals surface area contributed by atoms with Crippen LogP contribution in [0.5, 0.6) is 0 Å². The average molecular weight is 467 g/mol. The standard InChI is InChI=1S/C19H21Br2N3O/c1-2-3-10-24-12-13(14-6-4-5-7-17(14)24)8-9-22-19(25)16-11-15(20)18(21)23-16/h4-7,11-12,23H,2-3,8-10H2,1H3,(H,22,25). The molecule has 0 saturated carbocycles. The molecule has 0 bridgehead atoms. The summed E-state index contributed by atoms with van der Waals surface area (Å²) in [7, 11) is 0. The first-order chi connectivity index (χ1) is 12.1. The molecule has 0 atom stereocenters. The molecule has 0 radical (unpaired) electrons. The zero-order valence-corrected chi connectivity index (χ0v) is 17.3. The number of benzene rings is 1. The Hall–Kier alpha value is -1.53. The van der Waals surface area contributed by atoms with Gasteiger partial charge in [-0.3, -0.25) is 4.79 Å². The number of fused-ring (bicyclic) bond motifs is 1. The van der Waals surface area contributed by atoms with E-state index >= 15 is 0 Å². The third kappa shape index (κ3) is 4.18. The molecule has 25 heavy (non-hydrogen) atoms. The molecule has 3 aromatic rings. The van der Waals surface area contributed by atoms with Crippen LogP contribution in [0.25, 0.3) is 10.9 Å². The van der Waals surface area contributed by atoms with Gasteiger partial charge >= 0.3 is 0 Å². The van der Waals surface area contributed by atoms with Crippen molar-refractivity contribution in [2.75, 3.05) is 6.54 Å². The van der Waals surface area contributed by atoms with Gasteiger partial charge in [-0.15, -0.1) is 0 Å². The van der Waals surface area contributed by atoms with Crippen molar-refractivity contribution in [1.29, 1.82) is 0 Å². The van der Waals surface area contributed by atoms with E-state index in [2.05, 4.69) is 84.1 Å². The molecular weight excluding hydrogens is 446 g/mol. The topological polar surface area (TPSA) is 49.8 Å². The molecule has 0 aliphatic carbocycles. The van der Waals surface area contributed by atoms with Crippen LogP contribution >= 0.6 is 31.9 Å². The first-order valence-corrected chi connectivity index (χ1v) is 10.1. The molecule has 0 unspecified atom stereocenters. The van der Waals surface area contributed by atoms with E-state index in [1.54, 1.807) is 6.07 Å². The lowest BCUT2D eigenvalue weighted by Crippen LogP contribution is -2.25. The number of halogens is 2. The highest BCUT2D eigenvalue weighted by Gasteiger charge is 2.12. The molecule has 2 aromatic heterocycles. The van der Waals surface area contributed by atoms with Crippen LogP contribution in [0.4, 0.5) is 0 Å². The molecule has 2 heterocycles. The van der Waals surface area contributed by atoms with Crippen molar-refractivity contribution in [3.8, 4) is 0 Å². The molecule has 3 rings (SSSR count). The number of aromatic amines is 1. The lowest BCUT2D eigenvalue weighted by Gasteiger charge is -2.03. The van der Waals surface area contributed by atoms with E-state index in [0.717, 1.165) is 22.0 Å². The van der Waals surface area contributed by atoms with Gasteiger partial charge in [0, 0.05) is 30.2 Å². The summed E-state index contributed by atoms with van der Waals surface area (Å²) in [5, 5.41) is 4.26. The van der Waals surface area contributed by atoms with Gasteiger partial charge in [-0.1, -0.05) is 31.5 Å². The van der Waals surface area contributed by atoms with Gasteiger partial charge < -0.3 is 14.9 Å². The molecule has 0 aliphatic rings. The quantitative estimate of drug-likeness (QED) is 0.489. The molecule has 1 aromatic carbocycles. The van der Waals surface area contributed by atoms with E-state index in [1.165, 1.54) is 29.3 Å². The fourth-order valence-electron chi connectivity index (χ4n) is 2.97. The summed E-state index contributed by atoms with van der Waals surface area (Å²) in [6.07, 6.45) is 5.40. The normalized spacial score (nSPS) is 11.2. The zero-order valence-electron chi connectivity index (χ0n) is 14.1. The first-order valence-electron chi connectivity index (χ1n) is 8.49. The number of hydrogen-bond donors (Lipinski definition) is 2. The maximum atomic E-state index is 12.2. The number of nitrogens with one attached hydrogen (secondary N) is 2. The lowest BCUT2D eigenvalue weighted by molar-refractivity contribution is 0.0949. The lowest BCUT2D eigenvalue weighted by atomic mass is 10.1. The summed E-state index contributed by atoms with van der Waals surface area (Å²) < 4.78 is 3.95. The van der Waals surface area contributed by atoms with Crippen molar-refractivity contribution in [1.82, 2.24) is 14.9 Å². The number of hydrogen-bond acceptors (Lipinski definition) is 1. The number of carbonyl (C=O) groups is 1. The molecular formula is C19H21Br2N3O. The summed E-state index contributed by atoms with van der Waals surface area (Å²) in [6.45, 7) is 3.85. The van der Waals surface area contributed by atoms with E-state index in [4.69, 9.17) is 0 Å². The first kappa shape index (κ1) is 18.3. The Morgan fingerprint density at radius 2 is 2.08 bits per heavy atom. The summed E-state index contributed by atoms with van der Waals surface area (Å²) >= 11 is 6.73. The Labute approximate surface area is 164 Å². The van der Waals surface area contributed by atoms with Gasteiger partial charge in [0.25, 0.3) is 5.91 Å². The predicted octanol–water partition coefficient (Wildman–Crippen LogP) is 5.27. The Balaban J connectivity index is 1.67. The highest BCUT2D eigenvalue weighted by Crippen LogP contribution is 2.24. The molecule has 4 nitrogen and oxygen atoms in total. The molecule has 2 N–H and O–H groups in total. The number of aromatic nitrogens is 2. The highest BCUT2D eigenvalue weighted by molar-refractivity contribution is 9.13. The molecule has 0 aliphatic heterocycles. The Bertz CT molecular complexity index is 863. The Kier molecular flexibility index (Phi) is 6.02. The minimum absolute atomic E-state index is 0.0962. The van der Waals surface area contributed by atoms with Crippen LogP contribution in [0.1, 0.15) is 35.8 Å². The van der Waals surface area contributed by atoms with Crippen LogP contribution in [0.2, 0.25) is 0 Å². The van der Waals surface area contributed by atoms with Crippen LogP contribution in [0.3, 0.4) is 0 Å². The van der Waals surface area contributed by atoms with E-state index < -0.39 is 0 Å². The highest BCUT2D eigenvalue weighted by atomic mass is 79.9. The number of rotatable bonds is 7. The molecule has 0 saturated heterocycles. The molecule has 0 spiro atoms. The number of carbonyl (C=O) groups excluding carboxylic acids is 1. The number of aryl methyl sites for hydroxylation is 1. The largest absolute Gasteiger partial charge is 0.350 e. The molecule has 0 fully saturated rings. The van der Waals surface area contributed by atoms with E-state index in [1.807, 2.05) is 0 Å². The molecule has 1 amide bonds. The van der Waals surface area contributed by atoms with Gasteiger partial charge in [0.05, 0.1) is 9.08 Å². The van der Waals surface area contributed by atoms with Crippen molar-refractivity contribution in [2.45, 2.75) is 32.7 Å². The predicted molar refractivity (Wildman–Crippen MR) is 109 cm³/mol. The van der Waals surface area contributed by atoms with Crippen molar-refractivity contribution in [2.24, 2.45) is 0 Å². The van der Waals surface area contributed by atoms with Crippen LogP contribution in [0, 0.1) is 0 Å². The number of H-pyrrole nitrogens is 1. The van der Waals surface area contributed by atoms with Crippen molar-refractivity contribution >= 4 is 48.7 Å². The number of nitrogens with zero attached hydrogens (tertiary/aromatic N) is 1. The second-order valence-electron chi connectivity index (χ2n) is 6.07. The SMILES string of the molecule is CCCCn1cc(CCNC(=O)c2cc(Br)c(Br)[nH]2)c2ccccc21. The zero-order chi connectivity index (χ0) is 17.8. The van der Waals surface area contributed by atoms with E-state index in [9.17, 15) is 4.79 Å². The van der Waals surface area contributed by atoms with Crippen LogP contribution < -0.4 is 5.32 Å². The van der Waals surface area contributed by atoms with E-state index in [-0.39, 0.29) is 5.91 Å². The third-order valence-corrected chi connectivity index (χ3v) is 6.06. The second-order valence-corrected chi connectivity index (χ2v) is 7.72. The van der Waals surface area contributed by atoms with Crippen LogP contribution in [0.15, 0.2) is 45.6 Å². The summed E-state index contributed by atoms with van der Waals surface area (Å²) in [4.78, 5) is 15.2. The minimum Gasteiger partial charge on any atom is -0.350 e. The molecule has 6 heteroatoms. The maximum Gasteiger partial charge on any atom is 0.267 e. The third-order valence-electron chi connectivity index (χ3n) is 4.27. The van der Waals surface area contributed by atoms with Gasteiger partial charge in [0.2, 0.25) is 0 Å². The summed E-state index contributed by atoms with van der Waals surface area (Å²) in [5.74, 6) is -0.0962. The smallest absolute Gasteiger partial charge is 0.267 e. The van der Waals surface area contributed by atoms with Gasteiger partial charge in [-0.2, -0.15) is 0 Å². The van der Waals surface area contributed by atoms with Gasteiger partial charge in [0.15, 0.2) is 0 Å². The van der Waals surface area contributed by atoms with Crippen molar-refractivity contribution in [3.63, 3.8) is 0 Å². The Morgan fingerprint density at radius 3 is 2.80 bits per heavy atom. The minimum atomic E-state index is -0.0962. The second kappa shape index (κ2) is 8.23. The maximum absolute atomic E-state index is 12.2. The van der Waals surface area contributed by atoms with E-state index in [0.29, 0.717) is 12.2 Å². The van der Waals surface area contributed by atoms with Crippen molar-refractivity contribution < 1.29 is 4.79 Å². The van der Waals surface area contributed by atoms with Crippen LogP contribution in [-0.4, -0.2) is 22.0 Å². The van der Waals surface area contributed by atoms with Gasteiger partial charge in [0.1, 0.15) is 5.69 Å². The Morgan fingerprint density at radius 1 is 1.28 bits per heavy atom. The number of amides is 1. The molecule has 132 valence electrons. The monoisotopic (exact) mass is 465 g/mol. The van der Waals surface area contributed by atoms with Crippen molar-refractivity contribution in [3.05, 3.63) is 56.9 Å². The van der Waals surface area contributed by atoms with Gasteiger partial charge in [-0.25, -0.2) is 0 Å². The fourth-order valence-corrected chi connectivity index (χ4v) is 3.62. The fraction of sp³-hybridized carbons (Fsp3) is 0.316.